The standard InChI is InChI=1S/C25H20ClFN4O3/c1-33-16-4-2-15(3-5-16)14-34-21-13-31(11-8-20(21)32)25-23(27)17(6-10-29-25)22-18-7-9-28-24(18)30-12-19(22)26/h2-13,19,22,28H,14H2,1H3. The van der Waals surface area contributed by atoms with Gasteiger partial charge in [-0.15, -0.1) is 11.6 Å². The van der Waals surface area contributed by atoms with Gasteiger partial charge in [-0.25, -0.2) is 14.4 Å². The van der Waals surface area contributed by atoms with Crippen LogP contribution < -0.4 is 14.9 Å². The highest BCUT2D eigenvalue weighted by Gasteiger charge is 2.31. The molecule has 1 N–H and O–H groups in total. The van der Waals surface area contributed by atoms with Crippen LogP contribution in [-0.4, -0.2) is 33.2 Å². The zero-order valence-corrected chi connectivity index (χ0v) is 18.9. The van der Waals surface area contributed by atoms with E-state index >= 15 is 4.39 Å². The third-order valence-corrected chi connectivity index (χ3v) is 6.04. The Labute approximate surface area is 199 Å². The summed E-state index contributed by atoms with van der Waals surface area (Å²) in [6, 6.07) is 12.1. The number of benzene rings is 1. The summed E-state index contributed by atoms with van der Waals surface area (Å²) in [6.45, 7) is 0.171. The van der Waals surface area contributed by atoms with Crippen molar-refractivity contribution in [1.29, 1.82) is 0 Å². The maximum atomic E-state index is 15.7. The second-order valence-corrected chi connectivity index (χ2v) is 8.24. The number of aliphatic imine (C=N–C) groups is 1. The summed E-state index contributed by atoms with van der Waals surface area (Å²) in [4.78, 5) is 23.9. The molecule has 3 aromatic heterocycles. The average Bonchev–Trinajstić information content (AvgIpc) is 3.33. The van der Waals surface area contributed by atoms with Crippen molar-refractivity contribution in [3.8, 4) is 17.3 Å². The largest absolute Gasteiger partial charge is 0.497 e. The molecule has 0 bridgehead atoms. The number of aromatic amines is 1. The van der Waals surface area contributed by atoms with Crippen molar-refractivity contribution in [2.24, 2.45) is 4.99 Å². The summed E-state index contributed by atoms with van der Waals surface area (Å²) in [5.74, 6) is 0.519. The minimum absolute atomic E-state index is 0.0373. The van der Waals surface area contributed by atoms with E-state index in [0.29, 0.717) is 11.4 Å². The van der Waals surface area contributed by atoms with E-state index in [2.05, 4.69) is 15.0 Å². The summed E-state index contributed by atoms with van der Waals surface area (Å²) in [5, 5.41) is -0.523. The van der Waals surface area contributed by atoms with Gasteiger partial charge in [0.1, 0.15) is 18.2 Å². The highest BCUT2D eigenvalue weighted by Crippen LogP contribution is 2.40. The number of nitrogens with zero attached hydrogens (tertiary/aromatic N) is 3. The molecule has 0 spiro atoms. The van der Waals surface area contributed by atoms with Gasteiger partial charge in [0.15, 0.2) is 17.4 Å². The summed E-state index contributed by atoms with van der Waals surface area (Å²) in [7, 11) is 1.59. The maximum absolute atomic E-state index is 15.7. The van der Waals surface area contributed by atoms with Crippen LogP contribution in [0.15, 0.2) is 77.0 Å². The number of aromatic nitrogens is 3. The fourth-order valence-corrected chi connectivity index (χ4v) is 4.26. The van der Waals surface area contributed by atoms with Gasteiger partial charge in [0.2, 0.25) is 5.43 Å². The fourth-order valence-electron chi connectivity index (χ4n) is 3.93. The molecule has 172 valence electrons. The molecule has 1 aliphatic rings. The Hall–Kier alpha value is -3.91. The van der Waals surface area contributed by atoms with E-state index in [1.165, 1.54) is 29.2 Å². The second-order valence-electron chi connectivity index (χ2n) is 7.74. The molecule has 5 rings (SSSR count). The highest BCUT2D eigenvalue weighted by atomic mass is 35.5. The molecule has 1 aromatic carbocycles. The lowest BCUT2D eigenvalue weighted by molar-refractivity contribution is 0.301. The van der Waals surface area contributed by atoms with Crippen LogP contribution in [0.2, 0.25) is 0 Å². The number of alkyl halides is 1. The number of hydrogen-bond acceptors (Lipinski definition) is 5. The Kier molecular flexibility index (Phi) is 5.90. The first-order chi connectivity index (χ1) is 16.5. The molecule has 0 fully saturated rings. The predicted molar refractivity (Wildman–Crippen MR) is 128 cm³/mol. The first kappa shape index (κ1) is 21.9. The van der Waals surface area contributed by atoms with Crippen LogP contribution in [-0.2, 0) is 6.61 Å². The summed E-state index contributed by atoms with van der Waals surface area (Å²) < 4.78 is 28.1. The number of methoxy groups -OCH3 is 1. The predicted octanol–water partition coefficient (Wildman–Crippen LogP) is 4.74. The van der Waals surface area contributed by atoms with E-state index in [-0.39, 0.29) is 23.6 Å². The summed E-state index contributed by atoms with van der Waals surface area (Å²) in [5.41, 5.74) is 1.73. The van der Waals surface area contributed by atoms with Crippen LogP contribution in [0, 0.1) is 5.82 Å². The van der Waals surface area contributed by atoms with E-state index in [1.807, 2.05) is 30.3 Å². The first-order valence-corrected chi connectivity index (χ1v) is 11.0. The third-order valence-electron chi connectivity index (χ3n) is 5.68. The van der Waals surface area contributed by atoms with E-state index in [4.69, 9.17) is 21.1 Å². The quantitative estimate of drug-likeness (QED) is 0.406. The summed E-state index contributed by atoms with van der Waals surface area (Å²) >= 11 is 6.51. The molecular weight excluding hydrogens is 459 g/mol. The fraction of sp³-hybridized carbons (Fsp3) is 0.160. The molecule has 7 nitrogen and oxygen atoms in total. The average molecular weight is 479 g/mol. The number of pyridine rings is 2. The normalized spacial score (nSPS) is 16.8. The molecule has 2 unspecified atom stereocenters. The van der Waals surface area contributed by atoms with Crippen molar-refractivity contribution in [3.63, 3.8) is 0 Å². The molecule has 0 radical (unpaired) electrons. The van der Waals surface area contributed by atoms with Gasteiger partial charge in [-0.05, 0) is 29.8 Å². The van der Waals surface area contributed by atoms with E-state index in [9.17, 15) is 4.79 Å². The van der Waals surface area contributed by atoms with Crippen molar-refractivity contribution < 1.29 is 13.9 Å². The van der Waals surface area contributed by atoms with Gasteiger partial charge in [0.05, 0.1) is 18.7 Å². The Balaban J connectivity index is 1.45. The van der Waals surface area contributed by atoms with Crippen LogP contribution in [0.1, 0.15) is 22.6 Å². The molecule has 2 atom stereocenters. The molecule has 1 aliphatic heterocycles. The van der Waals surface area contributed by atoms with Gasteiger partial charge in [-0.3, -0.25) is 4.79 Å². The number of nitrogens with one attached hydrogen (secondary N) is 1. The van der Waals surface area contributed by atoms with Crippen LogP contribution in [0.5, 0.6) is 11.5 Å². The molecule has 0 saturated carbocycles. The molecule has 0 amide bonds. The minimum atomic E-state index is -0.537. The Morgan fingerprint density at radius 1 is 1.15 bits per heavy atom. The van der Waals surface area contributed by atoms with Gasteiger partial charge in [-0.2, -0.15) is 0 Å². The third kappa shape index (κ3) is 4.08. The van der Waals surface area contributed by atoms with Crippen molar-refractivity contribution in [2.75, 3.05) is 7.11 Å². The van der Waals surface area contributed by atoms with Crippen molar-refractivity contribution in [1.82, 2.24) is 14.5 Å². The molecule has 34 heavy (non-hydrogen) atoms. The number of halogens is 2. The second kappa shape index (κ2) is 9.15. The number of H-pyrrole nitrogens is 1. The van der Waals surface area contributed by atoms with Gasteiger partial charge in [0, 0.05) is 47.9 Å². The van der Waals surface area contributed by atoms with Crippen molar-refractivity contribution in [3.05, 3.63) is 100.0 Å². The molecule has 4 aromatic rings. The van der Waals surface area contributed by atoms with Crippen molar-refractivity contribution >= 4 is 23.6 Å². The van der Waals surface area contributed by atoms with Crippen LogP contribution in [0.25, 0.3) is 5.82 Å². The van der Waals surface area contributed by atoms with Crippen LogP contribution >= 0.6 is 11.6 Å². The van der Waals surface area contributed by atoms with Crippen LogP contribution in [0.3, 0.4) is 0 Å². The Morgan fingerprint density at radius 3 is 2.76 bits per heavy atom. The van der Waals surface area contributed by atoms with Gasteiger partial charge >= 0.3 is 0 Å². The van der Waals surface area contributed by atoms with E-state index in [1.54, 1.807) is 25.6 Å². The molecular formula is C25H20ClFN4O3. The smallest absolute Gasteiger partial charge is 0.223 e. The number of fused-ring (bicyclic) bond motifs is 1. The highest BCUT2D eigenvalue weighted by molar-refractivity contribution is 6.29. The maximum Gasteiger partial charge on any atom is 0.223 e. The van der Waals surface area contributed by atoms with Crippen molar-refractivity contribution in [2.45, 2.75) is 17.9 Å². The molecule has 4 heterocycles. The van der Waals surface area contributed by atoms with Gasteiger partial charge < -0.3 is 19.0 Å². The zero-order valence-electron chi connectivity index (χ0n) is 18.1. The Morgan fingerprint density at radius 2 is 1.97 bits per heavy atom. The van der Waals surface area contributed by atoms with Gasteiger partial charge in [-0.1, -0.05) is 12.1 Å². The van der Waals surface area contributed by atoms with E-state index < -0.39 is 17.1 Å². The minimum Gasteiger partial charge on any atom is -0.497 e. The topological polar surface area (TPSA) is 81.5 Å². The molecule has 0 saturated heterocycles. The molecule has 9 heteroatoms. The van der Waals surface area contributed by atoms with E-state index in [0.717, 1.165) is 16.9 Å². The lowest BCUT2D eigenvalue weighted by Gasteiger charge is -2.24. The zero-order chi connectivity index (χ0) is 23.7. The SMILES string of the molecule is COc1ccc(COc2cn(-c3nccc(C4c5cc[nH]c5N=CC4Cl)c3F)ccc2=O)cc1. The Bertz CT molecular complexity index is 1410. The number of rotatable bonds is 6. The lowest BCUT2D eigenvalue weighted by atomic mass is 9.88. The van der Waals surface area contributed by atoms with Gasteiger partial charge in [0.25, 0.3) is 0 Å². The monoisotopic (exact) mass is 478 g/mol. The number of hydrogen-bond donors (Lipinski definition) is 1. The molecule has 0 aliphatic carbocycles. The number of ether oxygens (including phenoxy) is 2. The first-order valence-electron chi connectivity index (χ1n) is 10.5. The van der Waals surface area contributed by atoms with Crippen LogP contribution in [0.4, 0.5) is 10.2 Å². The lowest BCUT2D eigenvalue weighted by Crippen LogP contribution is -2.21. The summed E-state index contributed by atoms with van der Waals surface area (Å²) in [6.07, 6.45) is 7.75.